The third-order valence-electron chi connectivity index (χ3n) is 6.99. The van der Waals surface area contributed by atoms with E-state index in [0.29, 0.717) is 49.1 Å². The van der Waals surface area contributed by atoms with Crippen molar-refractivity contribution >= 4 is 23.2 Å². The molecule has 0 unspecified atom stereocenters. The number of hydrogen-bond acceptors (Lipinski definition) is 8. The number of halogens is 3. The molecule has 1 aliphatic heterocycles. The molecule has 1 fully saturated rings. The first-order chi connectivity index (χ1) is 20.1. The van der Waals surface area contributed by atoms with Crippen molar-refractivity contribution in [1.29, 1.82) is 0 Å². The zero-order chi connectivity index (χ0) is 29.9. The molecule has 1 saturated heterocycles. The summed E-state index contributed by atoms with van der Waals surface area (Å²) < 4.78 is 48.3. The molecule has 0 aliphatic carbocycles. The number of benzene rings is 2. The largest absolute Gasteiger partial charge is 0.438 e. The number of hydrogen-bond donors (Lipinski definition) is 2. The number of nitrogens with one attached hydrogen (secondary N) is 2. The average Bonchev–Trinajstić information content (AvgIpc) is 2.98. The van der Waals surface area contributed by atoms with Crippen LogP contribution in [0, 0.1) is 6.92 Å². The zero-order valence-electron chi connectivity index (χ0n) is 23.4. The molecule has 0 spiro atoms. The topological polar surface area (TPSA) is 95.5 Å². The van der Waals surface area contributed by atoms with Crippen LogP contribution in [0.3, 0.4) is 0 Å². The monoisotopic (exact) mass is 577 g/mol. The van der Waals surface area contributed by atoms with Gasteiger partial charge in [-0.2, -0.15) is 13.2 Å². The summed E-state index contributed by atoms with van der Waals surface area (Å²) in [6, 6.07) is 14.0. The van der Waals surface area contributed by atoms with Gasteiger partial charge < -0.3 is 25.2 Å². The minimum atomic E-state index is -4.58. The Balaban J connectivity index is 1.44. The van der Waals surface area contributed by atoms with Crippen LogP contribution in [0.1, 0.15) is 21.5 Å². The molecule has 12 heteroatoms. The number of aryl methyl sites for hydroxylation is 1. The summed E-state index contributed by atoms with van der Waals surface area (Å²) in [4.78, 5) is 30.1. The Kier molecular flexibility index (Phi) is 8.25. The van der Waals surface area contributed by atoms with Crippen LogP contribution >= 0.6 is 0 Å². The fourth-order valence-corrected chi connectivity index (χ4v) is 4.69. The molecule has 1 amide bonds. The van der Waals surface area contributed by atoms with E-state index in [9.17, 15) is 18.0 Å². The van der Waals surface area contributed by atoms with Crippen molar-refractivity contribution in [3.8, 4) is 22.9 Å². The van der Waals surface area contributed by atoms with Crippen LogP contribution in [-0.4, -0.2) is 66.0 Å². The summed E-state index contributed by atoms with van der Waals surface area (Å²) >= 11 is 0. The van der Waals surface area contributed by atoms with Crippen LogP contribution in [0.5, 0.6) is 11.6 Å². The van der Waals surface area contributed by atoms with Gasteiger partial charge in [0.15, 0.2) is 0 Å². The smallest absolute Gasteiger partial charge is 0.418 e. The highest BCUT2D eigenvalue weighted by Gasteiger charge is 2.37. The number of rotatable bonds is 7. The summed E-state index contributed by atoms with van der Waals surface area (Å²) in [6.07, 6.45) is -1.38. The minimum absolute atomic E-state index is 0.0287. The van der Waals surface area contributed by atoms with Crippen molar-refractivity contribution < 1.29 is 22.7 Å². The second-order valence-corrected chi connectivity index (χ2v) is 9.90. The van der Waals surface area contributed by atoms with Gasteiger partial charge in [-0.3, -0.25) is 4.79 Å². The summed E-state index contributed by atoms with van der Waals surface area (Å²) in [5, 5.41) is 5.62. The molecule has 42 heavy (non-hydrogen) atoms. The van der Waals surface area contributed by atoms with Gasteiger partial charge in [-0.15, -0.1) is 0 Å². The molecule has 218 valence electrons. The lowest BCUT2D eigenvalue weighted by Gasteiger charge is -2.36. The first-order valence-corrected chi connectivity index (χ1v) is 13.3. The Morgan fingerprint density at radius 2 is 1.76 bits per heavy atom. The van der Waals surface area contributed by atoms with Crippen LogP contribution in [0.4, 0.5) is 30.5 Å². The second kappa shape index (κ2) is 12.0. The molecular formula is C30H30F3N7O2. The molecule has 3 heterocycles. The average molecular weight is 578 g/mol. The van der Waals surface area contributed by atoms with Crippen molar-refractivity contribution in [2.24, 2.45) is 0 Å². The summed E-state index contributed by atoms with van der Waals surface area (Å²) in [5.74, 6) is 0.510. The Bertz CT molecular complexity index is 1590. The van der Waals surface area contributed by atoms with Crippen molar-refractivity contribution in [3.63, 3.8) is 0 Å². The first kappa shape index (κ1) is 28.8. The standard InChI is InChI=1S/C30H30F3N7O2/c1-19-9-10-20(18-25(19)42-28-21(6-5-12-35-28)23-11-13-36-29(34-2)38-23)27(41)37-24-8-4-7-22(30(31,32)33)26(24)40-16-14-39(3)15-17-40/h4-13,18H,14-17H2,1-3H3,(H,37,41)(H,34,36,38). The molecule has 1 aliphatic rings. The number of likely N-dealkylation sites (N-methyl/N-ethyl adjacent to an activating group) is 1. The summed E-state index contributed by atoms with van der Waals surface area (Å²) in [5.41, 5.74) is 1.44. The summed E-state index contributed by atoms with van der Waals surface area (Å²) in [6.45, 7) is 3.85. The Hall–Kier alpha value is -4.71. The number of nitrogens with zero attached hydrogens (tertiary/aromatic N) is 5. The maximum atomic E-state index is 14.0. The molecule has 4 aromatic rings. The Morgan fingerprint density at radius 1 is 0.976 bits per heavy atom. The van der Waals surface area contributed by atoms with Crippen LogP contribution in [0.2, 0.25) is 0 Å². The highest BCUT2D eigenvalue weighted by atomic mass is 19.4. The Labute approximate surface area is 241 Å². The van der Waals surface area contributed by atoms with E-state index in [1.807, 2.05) is 20.0 Å². The molecule has 2 aromatic heterocycles. The maximum Gasteiger partial charge on any atom is 0.418 e. The molecule has 0 atom stereocenters. The van der Waals surface area contributed by atoms with Gasteiger partial charge in [-0.1, -0.05) is 12.1 Å². The normalized spacial score (nSPS) is 14.0. The molecule has 2 aromatic carbocycles. The number of anilines is 3. The van der Waals surface area contributed by atoms with Gasteiger partial charge in [-0.25, -0.2) is 15.0 Å². The van der Waals surface area contributed by atoms with Gasteiger partial charge in [-0.05, 0) is 62.0 Å². The van der Waals surface area contributed by atoms with E-state index in [1.54, 1.807) is 54.7 Å². The van der Waals surface area contributed by atoms with E-state index in [-0.39, 0.29) is 22.8 Å². The number of carbonyl (C=O) groups excluding carboxylic acids is 1. The van der Waals surface area contributed by atoms with E-state index >= 15 is 0 Å². The predicted octanol–water partition coefficient (Wildman–Crippen LogP) is 5.70. The first-order valence-electron chi connectivity index (χ1n) is 13.3. The number of carbonyl (C=O) groups is 1. The number of para-hydroxylation sites is 1. The van der Waals surface area contributed by atoms with Crippen LogP contribution in [0.15, 0.2) is 67.0 Å². The van der Waals surface area contributed by atoms with E-state index in [1.165, 1.54) is 12.1 Å². The van der Waals surface area contributed by atoms with Gasteiger partial charge in [0.25, 0.3) is 5.91 Å². The number of piperazine rings is 1. The third-order valence-corrected chi connectivity index (χ3v) is 6.99. The lowest BCUT2D eigenvalue weighted by molar-refractivity contribution is -0.137. The van der Waals surface area contributed by atoms with Crippen molar-refractivity contribution in [1.82, 2.24) is 19.9 Å². The number of aromatic nitrogens is 3. The van der Waals surface area contributed by atoms with Gasteiger partial charge >= 0.3 is 6.18 Å². The molecule has 0 saturated carbocycles. The summed E-state index contributed by atoms with van der Waals surface area (Å²) in [7, 11) is 3.64. The van der Waals surface area contributed by atoms with Gasteiger partial charge in [0.2, 0.25) is 11.8 Å². The van der Waals surface area contributed by atoms with E-state index in [4.69, 9.17) is 4.74 Å². The lowest BCUT2D eigenvalue weighted by Crippen LogP contribution is -2.45. The zero-order valence-corrected chi connectivity index (χ0v) is 23.4. The highest BCUT2D eigenvalue weighted by molar-refractivity contribution is 6.06. The highest BCUT2D eigenvalue weighted by Crippen LogP contribution is 2.41. The van der Waals surface area contributed by atoms with Crippen molar-refractivity contribution in [2.45, 2.75) is 13.1 Å². The van der Waals surface area contributed by atoms with Crippen LogP contribution < -0.4 is 20.3 Å². The Morgan fingerprint density at radius 3 is 2.50 bits per heavy atom. The van der Waals surface area contributed by atoms with Gasteiger partial charge in [0.05, 0.1) is 28.2 Å². The van der Waals surface area contributed by atoms with E-state index in [0.717, 1.165) is 11.6 Å². The van der Waals surface area contributed by atoms with E-state index in [2.05, 4.69) is 30.5 Å². The van der Waals surface area contributed by atoms with Crippen molar-refractivity contribution in [3.05, 3.63) is 83.7 Å². The molecule has 0 bridgehead atoms. The second-order valence-electron chi connectivity index (χ2n) is 9.90. The SMILES string of the molecule is CNc1nccc(-c2cccnc2Oc2cc(C(=O)Nc3cccc(C(F)(F)F)c3N3CCN(C)CC3)ccc2C)n1. The fraction of sp³-hybridized carbons (Fsp3) is 0.267. The number of amides is 1. The quantitative estimate of drug-likeness (QED) is 0.289. The predicted molar refractivity (Wildman–Crippen MR) is 155 cm³/mol. The van der Waals surface area contributed by atoms with Crippen LogP contribution in [-0.2, 0) is 6.18 Å². The number of alkyl halides is 3. The van der Waals surface area contributed by atoms with Crippen LogP contribution in [0.25, 0.3) is 11.3 Å². The molecule has 2 N–H and O–H groups in total. The van der Waals surface area contributed by atoms with E-state index < -0.39 is 17.6 Å². The molecule has 9 nitrogen and oxygen atoms in total. The molecule has 0 radical (unpaired) electrons. The number of ether oxygens (including phenoxy) is 1. The van der Waals surface area contributed by atoms with Crippen molar-refractivity contribution in [2.75, 3.05) is 55.8 Å². The molecular weight excluding hydrogens is 547 g/mol. The van der Waals surface area contributed by atoms with Gasteiger partial charge in [0, 0.05) is 51.2 Å². The minimum Gasteiger partial charge on any atom is -0.438 e. The number of pyridine rings is 1. The van der Waals surface area contributed by atoms with Gasteiger partial charge in [0.1, 0.15) is 5.75 Å². The lowest BCUT2D eigenvalue weighted by atomic mass is 10.1. The maximum absolute atomic E-state index is 14.0. The third kappa shape index (κ3) is 6.28. The molecule has 5 rings (SSSR count). The fourth-order valence-electron chi connectivity index (χ4n) is 4.69.